The van der Waals surface area contributed by atoms with Crippen LogP contribution in [-0.2, 0) is 9.47 Å². The van der Waals surface area contributed by atoms with Crippen molar-refractivity contribution < 1.29 is 22.6 Å². The van der Waals surface area contributed by atoms with Crippen molar-refractivity contribution in [2.75, 3.05) is 25.2 Å². The van der Waals surface area contributed by atoms with Crippen LogP contribution in [0, 0.1) is 0 Å². The van der Waals surface area contributed by atoms with Crippen molar-refractivity contribution in [1.29, 1.82) is 0 Å². The molecule has 116 valence electrons. The molecule has 4 nitrogen and oxygen atoms in total. The second-order valence-electron chi connectivity index (χ2n) is 5.34. The minimum absolute atomic E-state index is 0.0688. The van der Waals surface area contributed by atoms with Gasteiger partial charge in [-0.3, -0.25) is 0 Å². The van der Waals surface area contributed by atoms with Crippen LogP contribution in [0.15, 0.2) is 24.3 Å². The quantitative estimate of drug-likeness (QED) is 0.647. The van der Waals surface area contributed by atoms with Crippen LogP contribution in [0.3, 0.4) is 0 Å². The normalized spacial score (nSPS) is 28.0. The number of anilines is 1. The summed E-state index contributed by atoms with van der Waals surface area (Å²) in [4.78, 5) is 0. The number of nitrogens with one attached hydrogen (secondary N) is 2. The highest BCUT2D eigenvalue weighted by atomic mass is 19.4. The van der Waals surface area contributed by atoms with E-state index in [4.69, 9.17) is 4.74 Å². The predicted octanol–water partition coefficient (Wildman–Crippen LogP) is 2.44. The maximum absolute atomic E-state index is 11.9. The van der Waals surface area contributed by atoms with Gasteiger partial charge < -0.3 is 20.1 Å². The highest BCUT2D eigenvalue weighted by Crippen LogP contribution is 2.36. The third kappa shape index (κ3) is 3.66. The lowest BCUT2D eigenvalue weighted by molar-refractivity contribution is -0.172. The summed E-state index contributed by atoms with van der Waals surface area (Å²) in [6.45, 7) is -0.509. The maximum atomic E-state index is 11.9. The molecule has 2 fully saturated rings. The van der Waals surface area contributed by atoms with Crippen LogP contribution in [0.25, 0.3) is 0 Å². The molecule has 3 unspecified atom stereocenters. The number of morpholine rings is 1. The Morgan fingerprint density at radius 3 is 2.62 bits per heavy atom. The van der Waals surface area contributed by atoms with Gasteiger partial charge in [0.15, 0.2) is 0 Å². The first kappa shape index (κ1) is 14.6. The smallest absolute Gasteiger partial charge is 0.367 e. The number of hydrogen-bond donors (Lipinski definition) is 2. The van der Waals surface area contributed by atoms with Gasteiger partial charge >= 0.3 is 6.18 Å². The molecular weight excluding hydrogens is 285 g/mol. The van der Waals surface area contributed by atoms with Crippen molar-refractivity contribution in [2.45, 2.75) is 30.8 Å². The standard InChI is InChI=1S/C14H17F3N2O2/c15-14(16,17)7-20-8-19-10-3-1-9(2-4-10)13-12-5-11(21-13)6-18-12/h1-4,11-13,18-19H,5-8H2. The van der Waals surface area contributed by atoms with Crippen molar-refractivity contribution >= 4 is 5.69 Å². The van der Waals surface area contributed by atoms with Crippen LogP contribution >= 0.6 is 0 Å². The number of benzene rings is 1. The van der Waals surface area contributed by atoms with Gasteiger partial charge in [0.05, 0.1) is 12.2 Å². The van der Waals surface area contributed by atoms with E-state index in [-0.39, 0.29) is 12.8 Å². The first-order chi connectivity index (χ1) is 10.0. The monoisotopic (exact) mass is 302 g/mol. The van der Waals surface area contributed by atoms with Crippen molar-refractivity contribution in [3.8, 4) is 0 Å². The molecule has 1 aromatic rings. The molecule has 0 saturated carbocycles. The molecule has 0 amide bonds. The summed E-state index contributed by atoms with van der Waals surface area (Å²) in [7, 11) is 0. The number of hydrogen-bond acceptors (Lipinski definition) is 4. The van der Waals surface area contributed by atoms with Gasteiger partial charge in [-0.25, -0.2) is 0 Å². The zero-order valence-electron chi connectivity index (χ0n) is 11.3. The molecule has 21 heavy (non-hydrogen) atoms. The molecule has 1 aromatic carbocycles. The molecule has 0 radical (unpaired) electrons. The molecule has 0 aromatic heterocycles. The topological polar surface area (TPSA) is 42.5 Å². The molecule has 3 rings (SSSR count). The lowest BCUT2D eigenvalue weighted by Crippen LogP contribution is -2.33. The first-order valence-electron chi connectivity index (χ1n) is 6.88. The van der Waals surface area contributed by atoms with Crippen LogP contribution < -0.4 is 10.6 Å². The van der Waals surface area contributed by atoms with Crippen LogP contribution in [-0.4, -0.2) is 38.2 Å². The summed E-state index contributed by atoms with van der Waals surface area (Å²) in [5, 5.41) is 6.20. The van der Waals surface area contributed by atoms with Crippen molar-refractivity contribution in [3.63, 3.8) is 0 Å². The molecule has 2 bridgehead atoms. The molecule has 0 spiro atoms. The summed E-state index contributed by atoms with van der Waals surface area (Å²) >= 11 is 0. The minimum Gasteiger partial charge on any atom is -0.367 e. The minimum atomic E-state index is -4.29. The Balaban J connectivity index is 1.48. The summed E-state index contributed by atoms with van der Waals surface area (Å²) in [5.41, 5.74) is 1.80. The summed E-state index contributed by atoms with van der Waals surface area (Å²) < 4.78 is 46.1. The van der Waals surface area contributed by atoms with E-state index in [2.05, 4.69) is 15.4 Å². The largest absolute Gasteiger partial charge is 0.411 e. The van der Waals surface area contributed by atoms with Gasteiger partial charge in [-0.15, -0.1) is 0 Å². The van der Waals surface area contributed by atoms with E-state index in [1.165, 1.54) is 0 Å². The van der Waals surface area contributed by atoms with E-state index in [9.17, 15) is 13.2 Å². The van der Waals surface area contributed by atoms with Gasteiger partial charge in [0.25, 0.3) is 0 Å². The van der Waals surface area contributed by atoms with Crippen molar-refractivity contribution in [1.82, 2.24) is 5.32 Å². The fourth-order valence-corrected chi connectivity index (χ4v) is 2.77. The lowest BCUT2D eigenvalue weighted by atomic mass is 10.0. The van der Waals surface area contributed by atoms with E-state index in [0.717, 1.165) is 24.2 Å². The number of alkyl halides is 3. The first-order valence-corrected chi connectivity index (χ1v) is 6.88. The number of fused-ring (bicyclic) bond motifs is 2. The summed E-state index contributed by atoms with van der Waals surface area (Å²) in [6.07, 6.45) is -2.89. The molecule has 2 aliphatic rings. The molecule has 2 N–H and O–H groups in total. The Kier molecular flexibility index (Phi) is 4.05. The average molecular weight is 302 g/mol. The Morgan fingerprint density at radius 1 is 1.29 bits per heavy atom. The van der Waals surface area contributed by atoms with Gasteiger partial charge in [-0.2, -0.15) is 13.2 Å². The van der Waals surface area contributed by atoms with Crippen LogP contribution in [0.4, 0.5) is 18.9 Å². The zero-order chi connectivity index (χ0) is 14.9. The van der Waals surface area contributed by atoms with Crippen molar-refractivity contribution in [3.05, 3.63) is 29.8 Å². The SMILES string of the molecule is FC(F)(F)COCNc1ccc(C2OC3CNC2C3)cc1. The Labute approximate surface area is 120 Å². The molecule has 7 heteroatoms. The van der Waals surface area contributed by atoms with E-state index in [1.807, 2.05) is 24.3 Å². The molecule has 0 aliphatic carbocycles. The number of rotatable bonds is 5. The number of ether oxygens (including phenoxy) is 2. The lowest BCUT2D eigenvalue weighted by Gasteiger charge is -2.23. The van der Waals surface area contributed by atoms with Crippen LogP contribution in [0.1, 0.15) is 18.1 Å². The summed E-state index contributed by atoms with van der Waals surface area (Å²) in [6, 6.07) is 7.87. The van der Waals surface area contributed by atoms with Crippen LogP contribution in [0.2, 0.25) is 0 Å². The third-order valence-electron chi connectivity index (χ3n) is 3.71. The van der Waals surface area contributed by atoms with Crippen LogP contribution in [0.5, 0.6) is 0 Å². The Bertz CT molecular complexity index is 478. The van der Waals surface area contributed by atoms with E-state index in [0.29, 0.717) is 12.1 Å². The van der Waals surface area contributed by atoms with Gasteiger partial charge in [-0.05, 0) is 24.1 Å². The maximum Gasteiger partial charge on any atom is 0.411 e. The summed E-state index contributed by atoms with van der Waals surface area (Å²) in [5.74, 6) is 0. The Morgan fingerprint density at radius 2 is 2.05 bits per heavy atom. The number of halogens is 3. The molecular formula is C14H17F3N2O2. The zero-order valence-corrected chi connectivity index (χ0v) is 11.3. The van der Waals surface area contributed by atoms with Gasteiger partial charge in [-0.1, -0.05) is 12.1 Å². The fraction of sp³-hybridized carbons (Fsp3) is 0.571. The van der Waals surface area contributed by atoms with Gasteiger partial charge in [0, 0.05) is 18.3 Å². The second kappa shape index (κ2) is 5.82. The highest BCUT2D eigenvalue weighted by Gasteiger charge is 2.41. The Hall–Kier alpha value is -1.31. The average Bonchev–Trinajstić information content (AvgIpc) is 3.06. The van der Waals surface area contributed by atoms with Gasteiger partial charge in [0.1, 0.15) is 13.3 Å². The van der Waals surface area contributed by atoms with E-state index < -0.39 is 12.8 Å². The molecule has 2 heterocycles. The highest BCUT2D eigenvalue weighted by molar-refractivity contribution is 5.45. The van der Waals surface area contributed by atoms with E-state index in [1.54, 1.807) is 0 Å². The fourth-order valence-electron chi connectivity index (χ4n) is 2.77. The molecule has 3 atom stereocenters. The van der Waals surface area contributed by atoms with Crippen molar-refractivity contribution in [2.24, 2.45) is 0 Å². The van der Waals surface area contributed by atoms with Gasteiger partial charge in [0.2, 0.25) is 0 Å². The van der Waals surface area contributed by atoms with E-state index >= 15 is 0 Å². The predicted molar refractivity (Wildman–Crippen MR) is 71.0 cm³/mol. The third-order valence-corrected chi connectivity index (χ3v) is 3.71. The second-order valence-corrected chi connectivity index (χ2v) is 5.34. The molecule has 2 aliphatic heterocycles. The molecule has 2 saturated heterocycles.